The van der Waals surface area contributed by atoms with Crippen molar-refractivity contribution in [3.8, 4) is 5.75 Å². The minimum Gasteiger partial charge on any atom is -0.490 e. The third kappa shape index (κ3) is 2.49. The van der Waals surface area contributed by atoms with E-state index in [1.54, 1.807) is 6.07 Å². The Bertz CT molecular complexity index is 461. The lowest BCUT2D eigenvalue weighted by Crippen LogP contribution is -2.36. The minimum atomic E-state index is -0.506. The summed E-state index contributed by atoms with van der Waals surface area (Å²) in [6.07, 6.45) is 0. The third-order valence-corrected chi connectivity index (χ3v) is 3.10. The molecule has 0 saturated carbocycles. The minimum absolute atomic E-state index is 0.125. The van der Waals surface area contributed by atoms with E-state index in [0.29, 0.717) is 31.3 Å². The Kier molecular flexibility index (Phi) is 3.88. The molecule has 6 nitrogen and oxygen atoms in total. The van der Waals surface area contributed by atoms with Crippen molar-refractivity contribution in [2.75, 3.05) is 38.3 Å². The molecule has 0 aliphatic carbocycles. The summed E-state index contributed by atoms with van der Waals surface area (Å²) in [5.74, 6) is 0.214. The predicted molar refractivity (Wildman–Crippen MR) is 67.7 cm³/mol. The van der Waals surface area contributed by atoms with E-state index >= 15 is 0 Å². The molecule has 2 rings (SSSR count). The van der Waals surface area contributed by atoms with E-state index in [0.717, 1.165) is 5.69 Å². The molecule has 0 bridgehead atoms. The smallest absolute Gasteiger partial charge is 0.312 e. The van der Waals surface area contributed by atoms with E-state index in [9.17, 15) is 10.1 Å². The monoisotopic (exact) mass is 272 g/mol. The van der Waals surface area contributed by atoms with Gasteiger partial charge in [0.25, 0.3) is 0 Å². The molecule has 1 heterocycles. The number of rotatable bonds is 3. The molecule has 1 aliphatic rings. The standard InChI is InChI=1S/C11H13ClN2O4/c1-17-11-7-9(13-2-4-18-5-3-13)8(12)6-10(11)14(15)16/h6-7H,2-5H2,1H3. The number of nitro benzene ring substituents is 1. The van der Waals surface area contributed by atoms with Crippen LogP contribution < -0.4 is 9.64 Å². The number of halogens is 1. The van der Waals surface area contributed by atoms with Gasteiger partial charge < -0.3 is 14.4 Å². The first-order valence-corrected chi connectivity index (χ1v) is 5.86. The fourth-order valence-corrected chi connectivity index (χ4v) is 2.16. The Morgan fingerprint density at radius 1 is 1.44 bits per heavy atom. The molecule has 7 heteroatoms. The molecule has 98 valence electrons. The number of hydrogen-bond donors (Lipinski definition) is 0. The SMILES string of the molecule is COc1cc(N2CCOCC2)c(Cl)cc1[N+](=O)[O-]. The van der Waals surface area contributed by atoms with Crippen LogP contribution in [0.1, 0.15) is 0 Å². The van der Waals surface area contributed by atoms with Crippen molar-refractivity contribution < 1.29 is 14.4 Å². The van der Waals surface area contributed by atoms with Gasteiger partial charge in [-0.1, -0.05) is 11.6 Å². The lowest BCUT2D eigenvalue weighted by Gasteiger charge is -2.29. The van der Waals surface area contributed by atoms with Gasteiger partial charge in [0.05, 0.1) is 36.0 Å². The fourth-order valence-electron chi connectivity index (χ4n) is 1.88. The quantitative estimate of drug-likeness (QED) is 0.623. The van der Waals surface area contributed by atoms with Gasteiger partial charge in [-0.15, -0.1) is 0 Å². The summed E-state index contributed by atoms with van der Waals surface area (Å²) in [7, 11) is 1.40. The van der Waals surface area contributed by atoms with Gasteiger partial charge in [0, 0.05) is 25.2 Å². The highest BCUT2D eigenvalue weighted by Crippen LogP contribution is 2.37. The van der Waals surface area contributed by atoms with Crippen LogP contribution in [0.25, 0.3) is 0 Å². The van der Waals surface area contributed by atoms with Gasteiger partial charge in [-0.3, -0.25) is 10.1 Å². The van der Waals surface area contributed by atoms with E-state index in [4.69, 9.17) is 21.1 Å². The van der Waals surface area contributed by atoms with Crippen molar-refractivity contribution in [2.45, 2.75) is 0 Å². The summed E-state index contributed by atoms with van der Waals surface area (Å²) in [6.45, 7) is 2.66. The Labute approximate surface area is 109 Å². The Hall–Kier alpha value is -1.53. The fraction of sp³-hybridized carbons (Fsp3) is 0.455. The first-order valence-electron chi connectivity index (χ1n) is 5.48. The lowest BCUT2D eigenvalue weighted by atomic mass is 10.2. The average Bonchev–Trinajstić information content (AvgIpc) is 2.39. The number of anilines is 1. The molecule has 1 aliphatic heterocycles. The number of nitrogens with zero attached hydrogens (tertiary/aromatic N) is 2. The zero-order valence-corrected chi connectivity index (χ0v) is 10.6. The lowest BCUT2D eigenvalue weighted by molar-refractivity contribution is -0.385. The van der Waals surface area contributed by atoms with Crippen molar-refractivity contribution in [1.82, 2.24) is 0 Å². The topological polar surface area (TPSA) is 64.8 Å². The van der Waals surface area contributed by atoms with Crippen molar-refractivity contribution in [3.63, 3.8) is 0 Å². The van der Waals surface area contributed by atoms with Crippen molar-refractivity contribution >= 4 is 23.0 Å². The van der Waals surface area contributed by atoms with Crippen LogP contribution in [0.15, 0.2) is 12.1 Å². The van der Waals surface area contributed by atoms with Gasteiger partial charge in [-0.2, -0.15) is 0 Å². The van der Waals surface area contributed by atoms with E-state index < -0.39 is 4.92 Å². The molecule has 1 saturated heterocycles. The van der Waals surface area contributed by atoms with Crippen LogP contribution in [-0.2, 0) is 4.74 Å². The second kappa shape index (κ2) is 5.41. The molecule has 0 unspecified atom stereocenters. The maximum atomic E-state index is 10.9. The van der Waals surface area contributed by atoms with Gasteiger partial charge >= 0.3 is 5.69 Å². The highest BCUT2D eigenvalue weighted by molar-refractivity contribution is 6.33. The molecule has 0 N–H and O–H groups in total. The number of methoxy groups -OCH3 is 1. The molecule has 0 atom stereocenters. The number of hydrogen-bond acceptors (Lipinski definition) is 5. The second-order valence-corrected chi connectivity index (χ2v) is 4.24. The molecule has 0 amide bonds. The van der Waals surface area contributed by atoms with Gasteiger partial charge in [0.15, 0.2) is 5.75 Å². The Balaban J connectivity index is 2.39. The molecular weight excluding hydrogens is 260 g/mol. The van der Waals surface area contributed by atoms with Gasteiger partial charge in [0.1, 0.15) is 0 Å². The first-order chi connectivity index (χ1) is 8.63. The Morgan fingerprint density at radius 2 is 2.11 bits per heavy atom. The van der Waals surface area contributed by atoms with E-state index in [-0.39, 0.29) is 11.4 Å². The highest BCUT2D eigenvalue weighted by Gasteiger charge is 2.22. The van der Waals surface area contributed by atoms with E-state index in [2.05, 4.69) is 0 Å². The maximum Gasteiger partial charge on any atom is 0.312 e. The van der Waals surface area contributed by atoms with E-state index in [1.165, 1.54) is 13.2 Å². The Morgan fingerprint density at radius 3 is 2.67 bits per heavy atom. The molecule has 1 fully saturated rings. The first kappa shape index (κ1) is 12.9. The summed E-state index contributed by atoms with van der Waals surface area (Å²) in [5, 5.41) is 11.2. The average molecular weight is 273 g/mol. The number of benzene rings is 1. The van der Waals surface area contributed by atoms with Gasteiger partial charge in [0.2, 0.25) is 0 Å². The highest BCUT2D eigenvalue weighted by atomic mass is 35.5. The normalized spacial score (nSPS) is 15.6. The van der Waals surface area contributed by atoms with Crippen LogP contribution in [0.2, 0.25) is 5.02 Å². The van der Waals surface area contributed by atoms with E-state index in [1.807, 2.05) is 4.90 Å². The largest absolute Gasteiger partial charge is 0.490 e. The summed E-state index contributed by atoms with van der Waals surface area (Å²) >= 11 is 6.09. The molecule has 0 spiro atoms. The molecule has 18 heavy (non-hydrogen) atoms. The van der Waals surface area contributed by atoms with Crippen LogP contribution >= 0.6 is 11.6 Å². The van der Waals surface area contributed by atoms with Crippen molar-refractivity contribution in [1.29, 1.82) is 0 Å². The van der Waals surface area contributed by atoms with Crippen LogP contribution in [0.5, 0.6) is 5.75 Å². The molecular formula is C11H13ClN2O4. The summed E-state index contributed by atoms with van der Waals surface area (Å²) in [6, 6.07) is 2.93. The summed E-state index contributed by atoms with van der Waals surface area (Å²) < 4.78 is 10.3. The zero-order chi connectivity index (χ0) is 13.1. The number of nitro groups is 1. The molecule has 0 aromatic heterocycles. The predicted octanol–water partition coefficient (Wildman–Crippen LogP) is 2.09. The zero-order valence-electron chi connectivity index (χ0n) is 9.89. The summed E-state index contributed by atoms with van der Waals surface area (Å²) in [5.41, 5.74) is 0.613. The van der Waals surface area contributed by atoms with Gasteiger partial charge in [-0.05, 0) is 0 Å². The summed E-state index contributed by atoms with van der Waals surface area (Å²) in [4.78, 5) is 12.4. The number of ether oxygens (including phenoxy) is 2. The van der Waals surface area contributed by atoms with Crippen LogP contribution in [0.4, 0.5) is 11.4 Å². The van der Waals surface area contributed by atoms with Crippen molar-refractivity contribution in [2.24, 2.45) is 0 Å². The maximum absolute atomic E-state index is 10.9. The van der Waals surface area contributed by atoms with Crippen LogP contribution in [0.3, 0.4) is 0 Å². The second-order valence-electron chi connectivity index (χ2n) is 3.83. The van der Waals surface area contributed by atoms with Crippen LogP contribution in [0, 0.1) is 10.1 Å². The third-order valence-electron chi connectivity index (χ3n) is 2.80. The number of morpholine rings is 1. The van der Waals surface area contributed by atoms with Gasteiger partial charge in [-0.25, -0.2) is 0 Å². The molecule has 1 aromatic rings. The van der Waals surface area contributed by atoms with Crippen molar-refractivity contribution in [3.05, 3.63) is 27.3 Å². The molecule has 0 radical (unpaired) electrons. The molecule has 1 aromatic carbocycles. The van der Waals surface area contributed by atoms with Crippen LogP contribution in [-0.4, -0.2) is 38.3 Å².